The first-order chi connectivity index (χ1) is 14.5. The predicted octanol–water partition coefficient (Wildman–Crippen LogP) is 3.25. The van der Waals surface area contributed by atoms with Gasteiger partial charge in [-0.05, 0) is 70.1 Å². The number of aryl methyl sites for hydroxylation is 1. The second-order valence-corrected chi connectivity index (χ2v) is 8.06. The number of ether oxygens (including phenoxy) is 1. The SMILES string of the molecule is CCN1CCN(CCCCNC(=O)c2cc(C)n(-c3ccc(OC)cc3)c2C)CC1. The molecule has 0 unspecified atom stereocenters. The molecule has 164 valence electrons. The van der Waals surface area contributed by atoms with Gasteiger partial charge in [0.15, 0.2) is 0 Å². The zero-order chi connectivity index (χ0) is 21.5. The van der Waals surface area contributed by atoms with Crippen molar-refractivity contribution in [2.24, 2.45) is 0 Å². The summed E-state index contributed by atoms with van der Waals surface area (Å²) in [5.74, 6) is 0.839. The van der Waals surface area contributed by atoms with Gasteiger partial charge in [0.05, 0.1) is 12.7 Å². The van der Waals surface area contributed by atoms with E-state index in [1.54, 1.807) is 7.11 Å². The molecule has 0 atom stereocenters. The number of methoxy groups -OCH3 is 1. The number of nitrogens with one attached hydrogen (secondary N) is 1. The molecule has 2 heterocycles. The second kappa shape index (κ2) is 10.6. The molecule has 0 spiro atoms. The third-order valence-corrected chi connectivity index (χ3v) is 6.11. The highest BCUT2D eigenvalue weighted by Gasteiger charge is 2.17. The maximum atomic E-state index is 12.7. The van der Waals surface area contributed by atoms with Crippen LogP contribution in [0.1, 0.15) is 41.5 Å². The third kappa shape index (κ3) is 5.43. The summed E-state index contributed by atoms with van der Waals surface area (Å²) in [7, 11) is 1.66. The molecule has 6 nitrogen and oxygen atoms in total. The molecule has 1 aromatic carbocycles. The van der Waals surface area contributed by atoms with Gasteiger partial charge in [-0.2, -0.15) is 0 Å². The van der Waals surface area contributed by atoms with Gasteiger partial charge in [-0.25, -0.2) is 0 Å². The van der Waals surface area contributed by atoms with Crippen molar-refractivity contribution in [1.82, 2.24) is 19.7 Å². The highest BCUT2D eigenvalue weighted by Crippen LogP contribution is 2.22. The number of unbranched alkanes of at least 4 members (excludes halogenated alkanes) is 1. The summed E-state index contributed by atoms with van der Waals surface area (Å²) in [6.07, 6.45) is 2.13. The van der Waals surface area contributed by atoms with E-state index in [0.29, 0.717) is 0 Å². The number of carbonyl (C=O) groups excluding carboxylic acids is 1. The lowest BCUT2D eigenvalue weighted by Crippen LogP contribution is -2.46. The lowest BCUT2D eigenvalue weighted by atomic mass is 10.2. The van der Waals surface area contributed by atoms with Gasteiger partial charge < -0.3 is 24.4 Å². The van der Waals surface area contributed by atoms with Gasteiger partial charge in [-0.1, -0.05) is 6.92 Å². The Bertz CT molecular complexity index is 820. The molecule has 0 bridgehead atoms. The first-order valence-corrected chi connectivity index (χ1v) is 11.1. The van der Waals surface area contributed by atoms with Crippen LogP contribution in [-0.2, 0) is 0 Å². The van der Waals surface area contributed by atoms with Crippen molar-refractivity contribution in [3.63, 3.8) is 0 Å². The van der Waals surface area contributed by atoms with E-state index in [2.05, 4.69) is 26.6 Å². The van der Waals surface area contributed by atoms with Gasteiger partial charge in [0.2, 0.25) is 0 Å². The van der Waals surface area contributed by atoms with E-state index in [-0.39, 0.29) is 5.91 Å². The summed E-state index contributed by atoms with van der Waals surface area (Å²) in [6.45, 7) is 13.9. The minimum atomic E-state index is 0.0134. The summed E-state index contributed by atoms with van der Waals surface area (Å²) in [6, 6.07) is 9.88. The normalized spacial score (nSPS) is 15.3. The largest absolute Gasteiger partial charge is 0.497 e. The van der Waals surface area contributed by atoms with E-state index < -0.39 is 0 Å². The highest BCUT2D eigenvalue weighted by molar-refractivity contribution is 5.95. The zero-order valence-corrected chi connectivity index (χ0v) is 18.9. The Balaban J connectivity index is 1.47. The predicted molar refractivity (Wildman–Crippen MR) is 122 cm³/mol. The number of hydrogen-bond donors (Lipinski definition) is 1. The Labute approximate surface area is 180 Å². The van der Waals surface area contributed by atoms with Gasteiger partial charge in [-0.15, -0.1) is 0 Å². The van der Waals surface area contributed by atoms with E-state index in [9.17, 15) is 4.79 Å². The van der Waals surface area contributed by atoms with Crippen LogP contribution in [0, 0.1) is 13.8 Å². The smallest absolute Gasteiger partial charge is 0.253 e. The molecule has 1 aromatic heterocycles. The maximum Gasteiger partial charge on any atom is 0.253 e. The maximum absolute atomic E-state index is 12.7. The molecule has 1 aliphatic heterocycles. The van der Waals surface area contributed by atoms with Crippen molar-refractivity contribution >= 4 is 5.91 Å². The lowest BCUT2D eigenvalue weighted by Gasteiger charge is -2.33. The van der Waals surface area contributed by atoms with E-state index in [0.717, 1.165) is 74.0 Å². The molecule has 1 amide bonds. The van der Waals surface area contributed by atoms with Crippen molar-refractivity contribution < 1.29 is 9.53 Å². The van der Waals surface area contributed by atoms with Gasteiger partial charge in [0.25, 0.3) is 5.91 Å². The van der Waals surface area contributed by atoms with E-state index in [4.69, 9.17) is 4.74 Å². The van der Waals surface area contributed by atoms with Crippen molar-refractivity contribution in [3.05, 3.63) is 47.3 Å². The molecule has 1 saturated heterocycles. The van der Waals surface area contributed by atoms with Gasteiger partial charge in [0.1, 0.15) is 5.75 Å². The summed E-state index contributed by atoms with van der Waals surface area (Å²) in [5.41, 5.74) is 3.80. The van der Waals surface area contributed by atoms with Crippen molar-refractivity contribution in [2.75, 3.05) is 52.9 Å². The molecule has 6 heteroatoms. The first kappa shape index (κ1) is 22.4. The molecule has 0 radical (unpaired) electrons. The van der Waals surface area contributed by atoms with Crippen LogP contribution >= 0.6 is 0 Å². The number of piperazine rings is 1. The number of aromatic nitrogens is 1. The van der Waals surface area contributed by atoms with Crippen LogP contribution < -0.4 is 10.1 Å². The van der Waals surface area contributed by atoms with Crippen LogP contribution in [0.3, 0.4) is 0 Å². The van der Waals surface area contributed by atoms with E-state index in [1.165, 1.54) is 13.1 Å². The molecule has 0 saturated carbocycles. The second-order valence-electron chi connectivity index (χ2n) is 8.06. The first-order valence-electron chi connectivity index (χ1n) is 11.1. The summed E-state index contributed by atoms with van der Waals surface area (Å²) >= 11 is 0. The fourth-order valence-electron chi connectivity index (χ4n) is 4.21. The van der Waals surface area contributed by atoms with Gasteiger partial charge in [0, 0.05) is 49.8 Å². The van der Waals surface area contributed by atoms with Crippen molar-refractivity contribution in [2.45, 2.75) is 33.6 Å². The highest BCUT2D eigenvalue weighted by atomic mass is 16.5. The van der Waals surface area contributed by atoms with Crippen LogP contribution in [0.2, 0.25) is 0 Å². The van der Waals surface area contributed by atoms with Crippen LogP contribution in [0.15, 0.2) is 30.3 Å². The molecule has 0 aliphatic carbocycles. The summed E-state index contributed by atoms with van der Waals surface area (Å²) < 4.78 is 7.36. The number of rotatable bonds is 9. The minimum Gasteiger partial charge on any atom is -0.497 e. The molecule has 1 N–H and O–H groups in total. The Morgan fingerprint density at radius 3 is 2.33 bits per heavy atom. The Hall–Kier alpha value is -2.31. The molecule has 1 fully saturated rings. The van der Waals surface area contributed by atoms with Crippen LogP contribution in [0.4, 0.5) is 0 Å². The van der Waals surface area contributed by atoms with Gasteiger partial charge in [-0.3, -0.25) is 4.79 Å². The van der Waals surface area contributed by atoms with E-state index >= 15 is 0 Å². The minimum absolute atomic E-state index is 0.0134. The average Bonchev–Trinajstić information content (AvgIpc) is 3.08. The number of likely N-dealkylation sites (N-methyl/N-ethyl adjacent to an activating group) is 1. The number of hydrogen-bond acceptors (Lipinski definition) is 4. The van der Waals surface area contributed by atoms with Crippen LogP contribution in [0.5, 0.6) is 5.75 Å². The molecule has 3 rings (SSSR count). The van der Waals surface area contributed by atoms with Crippen molar-refractivity contribution in [1.29, 1.82) is 0 Å². The third-order valence-electron chi connectivity index (χ3n) is 6.11. The van der Waals surface area contributed by atoms with Crippen LogP contribution in [-0.4, -0.2) is 73.2 Å². The monoisotopic (exact) mass is 412 g/mol. The Morgan fingerprint density at radius 2 is 1.70 bits per heavy atom. The number of carbonyl (C=O) groups is 1. The number of amides is 1. The Morgan fingerprint density at radius 1 is 1.03 bits per heavy atom. The molecule has 1 aliphatic rings. The molecule has 30 heavy (non-hydrogen) atoms. The lowest BCUT2D eigenvalue weighted by molar-refractivity contribution is 0.0951. The Kier molecular flexibility index (Phi) is 7.94. The summed E-state index contributed by atoms with van der Waals surface area (Å²) in [4.78, 5) is 17.8. The quantitative estimate of drug-likeness (QED) is 0.643. The number of nitrogens with zero attached hydrogens (tertiary/aromatic N) is 3. The summed E-state index contributed by atoms with van der Waals surface area (Å²) in [5, 5.41) is 3.10. The van der Waals surface area contributed by atoms with E-state index in [1.807, 2.05) is 44.2 Å². The average molecular weight is 413 g/mol. The molecule has 2 aromatic rings. The van der Waals surface area contributed by atoms with Crippen LogP contribution in [0.25, 0.3) is 5.69 Å². The zero-order valence-electron chi connectivity index (χ0n) is 18.9. The topological polar surface area (TPSA) is 49.7 Å². The fraction of sp³-hybridized carbons (Fsp3) is 0.542. The van der Waals surface area contributed by atoms with Gasteiger partial charge >= 0.3 is 0 Å². The van der Waals surface area contributed by atoms with Crippen molar-refractivity contribution in [3.8, 4) is 11.4 Å². The number of benzene rings is 1. The molecular formula is C24H36N4O2. The molecular weight excluding hydrogens is 376 g/mol. The standard InChI is InChI=1S/C24H36N4O2/c1-5-26-14-16-27(17-15-26)13-7-6-12-25-24(29)23-18-19(2)28(20(23)3)21-8-10-22(30-4)11-9-21/h8-11,18H,5-7,12-17H2,1-4H3,(H,25,29). The fourth-order valence-corrected chi connectivity index (χ4v) is 4.21.